The normalized spacial score (nSPS) is 13.6. The number of carboxylic acid groups (broad SMARTS) is 1. The van der Waals surface area contributed by atoms with Crippen LogP contribution in [0.5, 0.6) is 0 Å². The fraction of sp³-hybridized carbons (Fsp3) is 0.385. The third-order valence-corrected chi connectivity index (χ3v) is 3.54. The van der Waals surface area contributed by atoms with E-state index in [-0.39, 0.29) is 0 Å². The number of benzene rings is 1. The van der Waals surface area contributed by atoms with Crippen LogP contribution >= 0.6 is 15.9 Å². The predicted molar refractivity (Wildman–Crippen MR) is 77.2 cm³/mol. The molecule has 0 spiro atoms. The Morgan fingerprint density at radius 3 is 2.53 bits per heavy atom. The first-order valence-electron chi connectivity index (χ1n) is 5.91. The molecule has 0 aromatic heterocycles. The number of primary amides is 1. The minimum absolute atomic E-state index is 0.366. The molecule has 6 heteroatoms. The number of hydrogen-bond donors (Lipinski definition) is 3. The number of carboxylic acids is 1. The summed E-state index contributed by atoms with van der Waals surface area (Å²) in [6.45, 7) is 3.56. The van der Waals surface area contributed by atoms with Gasteiger partial charge in [-0.2, -0.15) is 0 Å². The number of aliphatic carboxylic acids is 1. The largest absolute Gasteiger partial charge is 0.480 e. The summed E-state index contributed by atoms with van der Waals surface area (Å²) >= 11 is 3.31. The van der Waals surface area contributed by atoms with Gasteiger partial charge in [-0.15, -0.1) is 0 Å². The highest BCUT2D eigenvalue weighted by atomic mass is 79.9. The van der Waals surface area contributed by atoms with E-state index >= 15 is 0 Å². The van der Waals surface area contributed by atoms with Gasteiger partial charge in [0.25, 0.3) is 0 Å². The molecule has 1 aromatic carbocycles. The average molecular weight is 329 g/mol. The summed E-state index contributed by atoms with van der Waals surface area (Å²) < 4.78 is 0.604. The summed E-state index contributed by atoms with van der Waals surface area (Å²) in [5.41, 5.74) is 5.11. The van der Waals surface area contributed by atoms with Gasteiger partial charge < -0.3 is 16.2 Å². The lowest BCUT2D eigenvalue weighted by Gasteiger charge is -2.27. The Morgan fingerprint density at radius 1 is 1.47 bits per heavy atom. The topological polar surface area (TPSA) is 92.4 Å². The van der Waals surface area contributed by atoms with Gasteiger partial charge in [-0.3, -0.25) is 4.79 Å². The first-order valence-corrected chi connectivity index (χ1v) is 6.70. The van der Waals surface area contributed by atoms with Crippen LogP contribution in [-0.4, -0.2) is 22.5 Å². The second-order valence-corrected chi connectivity index (χ2v) is 5.43. The number of hydrogen-bond acceptors (Lipinski definition) is 3. The molecule has 0 aliphatic carbocycles. The van der Waals surface area contributed by atoms with Crippen molar-refractivity contribution in [2.75, 3.05) is 5.32 Å². The number of carbonyl (C=O) groups excluding carboxylic acids is 1. The zero-order valence-electron chi connectivity index (χ0n) is 10.9. The molecule has 1 atom stereocenters. The Hall–Kier alpha value is -1.56. The molecule has 104 valence electrons. The fourth-order valence-electron chi connectivity index (χ4n) is 1.79. The second kappa shape index (κ2) is 6.06. The number of carbonyl (C=O) groups is 2. The molecule has 0 fully saturated rings. The zero-order valence-corrected chi connectivity index (χ0v) is 12.5. The number of amides is 1. The van der Waals surface area contributed by atoms with Crippen molar-refractivity contribution < 1.29 is 14.7 Å². The lowest BCUT2D eigenvalue weighted by Crippen LogP contribution is -2.43. The molecule has 1 amide bonds. The van der Waals surface area contributed by atoms with Crippen molar-refractivity contribution in [3.63, 3.8) is 0 Å². The van der Waals surface area contributed by atoms with Crippen LogP contribution in [0, 0.1) is 0 Å². The van der Waals surface area contributed by atoms with E-state index in [9.17, 15) is 14.7 Å². The van der Waals surface area contributed by atoms with E-state index in [2.05, 4.69) is 21.2 Å². The number of anilines is 1. The Morgan fingerprint density at radius 2 is 2.11 bits per heavy atom. The van der Waals surface area contributed by atoms with Crippen LogP contribution < -0.4 is 11.1 Å². The van der Waals surface area contributed by atoms with Crippen LogP contribution in [0.2, 0.25) is 0 Å². The second-order valence-electron chi connectivity index (χ2n) is 4.57. The zero-order chi connectivity index (χ0) is 14.6. The van der Waals surface area contributed by atoms with E-state index in [1.165, 1.54) is 0 Å². The van der Waals surface area contributed by atoms with E-state index in [1.54, 1.807) is 25.1 Å². The number of halogens is 1. The smallest absolute Gasteiger partial charge is 0.329 e. The number of nitrogens with one attached hydrogen (secondary N) is 1. The Kier molecular flexibility index (Phi) is 4.94. The molecule has 0 aliphatic heterocycles. The van der Waals surface area contributed by atoms with Crippen LogP contribution in [0.4, 0.5) is 5.69 Å². The van der Waals surface area contributed by atoms with Crippen molar-refractivity contribution >= 4 is 33.5 Å². The summed E-state index contributed by atoms with van der Waals surface area (Å²) in [6, 6.07) is 4.77. The first-order chi connectivity index (χ1) is 8.80. The first kappa shape index (κ1) is 15.5. The molecule has 1 aromatic rings. The maximum absolute atomic E-state index is 11.4. The van der Waals surface area contributed by atoms with Gasteiger partial charge in [0.2, 0.25) is 5.91 Å². The third-order valence-electron chi connectivity index (χ3n) is 2.89. The van der Waals surface area contributed by atoms with E-state index in [4.69, 9.17) is 5.73 Å². The van der Waals surface area contributed by atoms with Crippen LogP contribution in [0.25, 0.3) is 0 Å². The van der Waals surface area contributed by atoms with Crippen LogP contribution in [0.15, 0.2) is 22.7 Å². The van der Waals surface area contributed by atoms with Gasteiger partial charge in [0.05, 0.1) is 0 Å². The van der Waals surface area contributed by atoms with Crippen LogP contribution in [-0.2, 0) is 4.79 Å². The Balaban J connectivity index is 3.04. The van der Waals surface area contributed by atoms with E-state index in [0.717, 1.165) is 6.42 Å². The van der Waals surface area contributed by atoms with Gasteiger partial charge in [0, 0.05) is 15.7 Å². The molecular formula is C13H17BrN2O3. The van der Waals surface area contributed by atoms with Crippen molar-refractivity contribution in [3.8, 4) is 0 Å². The van der Waals surface area contributed by atoms with Gasteiger partial charge in [0.1, 0.15) is 5.54 Å². The van der Waals surface area contributed by atoms with Gasteiger partial charge in [-0.1, -0.05) is 13.3 Å². The molecular weight excluding hydrogens is 312 g/mol. The lowest BCUT2D eigenvalue weighted by molar-refractivity contribution is -0.141. The molecule has 0 saturated carbocycles. The molecule has 1 rings (SSSR count). The molecule has 4 N–H and O–H groups in total. The Bertz CT molecular complexity index is 505. The quantitative estimate of drug-likeness (QED) is 0.748. The van der Waals surface area contributed by atoms with Crippen molar-refractivity contribution in [2.24, 2.45) is 5.73 Å². The minimum Gasteiger partial charge on any atom is -0.480 e. The fourth-order valence-corrected chi connectivity index (χ4v) is 2.27. The summed E-state index contributed by atoms with van der Waals surface area (Å²) in [7, 11) is 0. The summed E-state index contributed by atoms with van der Waals surface area (Å²) in [6.07, 6.45) is 1.24. The average Bonchev–Trinajstić information content (AvgIpc) is 2.31. The SMILES string of the molecule is CCCC(C)(Nc1ccc(C(N)=O)cc1Br)C(=O)O. The maximum Gasteiger partial charge on any atom is 0.329 e. The maximum atomic E-state index is 11.4. The van der Waals surface area contributed by atoms with Gasteiger partial charge in [0.15, 0.2) is 0 Å². The summed E-state index contributed by atoms with van der Waals surface area (Å²) in [5, 5.41) is 12.3. The van der Waals surface area contributed by atoms with Crippen molar-refractivity contribution in [2.45, 2.75) is 32.2 Å². The minimum atomic E-state index is -1.05. The number of nitrogens with two attached hydrogens (primary N) is 1. The molecule has 0 bridgehead atoms. The van der Waals surface area contributed by atoms with Gasteiger partial charge >= 0.3 is 5.97 Å². The number of rotatable bonds is 6. The molecule has 0 radical (unpaired) electrons. The van der Waals surface area contributed by atoms with Gasteiger partial charge in [-0.25, -0.2) is 4.79 Å². The highest BCUT2D eigenvalue weighted by Crippen LogP contribution is 2.28. The predicted octanol–water partition coefficient (Wildman–Crippen LogP) is 2.60. The summed E-state index contributed by atoms with van der Waals surface area (Å²) in [5.74, 6) is -1.44. The van der Waals surface area contributed by atoms with Crippen molar-refractivity contribution in [1.29, 1.82) is 0 Å². The van der Waals surface area contributed by atoms with E-state index in [1.807, 2.05) is 6.92 Å². The van der Waals surface area contributed by atoms with E-state index in [0.29, 0.717) is 22.1 Å². The highest BCUT2D eigenvalue weighted by molar-refractivity contribution is 9.10. The monoisotopic (exact) mass is 328 g/mol. The molecule has 1 unspecified atom stereocenters. The van der Waals surface area contributed by atoms with E-state index < -0.39 is 17.4 Å². The van der Waals surface area contributed by atoms with Crippen molar-refractivity contribution in [3.05, 3.63) is 28.2 Å². The standard InChI is InChI=1S/C13H17BrN2O3/c1-3-6-13(2,12(18)19)16-10-5-4-8(11(15)17)7-9(10)14/h4-5,7,16H,3,6H2,1-2H3,(H2,15,17)(H,18,19). The molecule has 0 saturated heterocycles. The molecule has 0 aliphatic rings. The molecule has 0 heterocycles. The van der Waals surface area contributed by atoms with Crippen molar-refractivity contribution in [1.82, 2.24) is 0 Å². The third kappa shape index (κ3) is 3.70. The molecule has 19 heavy (non-hydrogen) atoms. The highest BCUT2D eigenvalue weighted by Gasteiger charge is 2.32. The lowest BCUT2D eigenvalue weighted by atomic mass is 9.96. The van der Waals surface area contributed by atoms with Crippen LogP contribution in [0.1, 0.15) is 37.0 Å². The van der Waals surface area contributed by atoms with Crippen LogP contribution in [0.3, 0.4) is 0 Å². The summed E-state index contributed by atoms with van der Waals surface area (Å²) in [4.78, 5) is 22.4. The molecule has 5 nitrogen and oxygen atoms in total. The Labute approximate surface area is 120 Å². The van der Waals surface area contributed by atoms with Gasteiger partial charge in [-0.05, 0) is 47.5 Å².